The van der Waals surface area contributed by atoms with Crippen LogP contribution >= 0.6 is 11.8 Å². The maximum absolute atomic E-state index is 12.3. The number of methoxy groups -OCH3 is 2. The Morgan fingerprint density at radius 3 is 2.63 bits per heavy atom. The number of nitrogens with one attached hydrogen (secondary N) is 1. The minimum absolute atomic E-state index is 0.130. The Hall–Kier alpha value is -3.52. The summed E-state index contributed by atoms with van der Waals surface area (Å²) in [5, 5.41) is 13.5. The highest BCUT2D eigenvalue weighted by molar-refractivity contribution is 7.99. The van der Waals surface area contributed by atoms with E-state index >= 15 is 0 Å². The van der Waals surface area contributed by atoms with Gasteiger partial charge in [-0.05, 0) is 29.0 Å². The molecule has 8 heteroatoms. The van der Waals surface area contributed by atoms with E-state index in [0.29, 0.717) is 28.3 Å². The first-order chi connectivity index (χ1) is 14.7. The number of carbonyl (C=O) groups is 1. The molecule has 0 unspecified atom stereocenters. The van der Waals surface area contributed by atoms with E-state index < -0.39 is 0 Å². The molecule has 0 aliphatic rings. The number of benzene rings is 3. The molecule has 30 heavy (non-hydrogen) atoms. The summed E-state index contributed by atoms with van der Waals surface area (Å²) in [5.41, 5.74) is 1.47. The number of fused-ring (bicyclic) bond motifs is 1. The average Bonchev–Trinajstić information content (AvgIpc) is 3.26. The summed E-state index contributed by atoms with van der Waals surface area (Å²) in [5.74, 6) is 1.49. The first kappa shape index (κ1) is 19.8. The van der Waals surface area contributed by atoms with Crippen LogP contribution in [0.25, 0.3) is 22.2 Å². The summed E-state index contributed by atoms with van der Waals surface area (Å²) in [7, 11) is 3.10. The third-order valence-electron chi connectivity index (χ3n) is 4.42. The SMILES string of the molecule is COc1ccc(NC(=O)CSc2nnc(-c3cccc4ccccc34)o2)cc1OC. The second-order valence-electron chi connectivity index (χ2n) is 6.31. The van der Waals surface area contributed by atoms with Gasteiger partial charge in [0.2, 0.25) is 11.8 Å². The predicted molar refractivity (Wildman–Crippen MR) is 116 cm³/mol. The number of thioether (sulfide) groups is 1. The Morgan fingerprint density at radius 2 is 1.80 bits per heavy atom. The van der Waals surface area contributed by atoms with Gasteiger partial charge < -0.3 is 19.2 Å². The molecule has 4 aromatic rings. The summed E-state index contributed by atoms with van der Waals surface area (Å²) in [6.45, 7) is 0. The lowest BCUT2D eigenvalue weighted by Crippen LogP contribution is -2.14. The van der Waals surface area contributed by atoms with Gasteiger partial charge in [-0.3, -0.25) is 4.79 Å². The van der Waals surface area contributed by atoms with E-state index in [1.54, 1.807) is 32.4 Å². The fourth-order valence-corrected chi connectivity index (χ4v) is 3.59. The van der Waals surface area contributed by atoms with Gasteiger partial charge in [-0.1, -0.05) is 48.2 Å². The van der Waals surface area contributed by atoms with Crippen LogP contribution in [0.15, 0.2) is 70.3 Å². The van der Waals surface area contributed by atoms with Gasteiger partial charge in [-0.15, -0.1) is 10.2 Å². The maximum atomic E-state index is 12.3. The molecule has 0 aliphatic heterocycles. The van der Waals surface area contributed by atoms with Gasteiger partial charge >= 0.3 is 0 Å². The lowest BCUT2D eigenvalue weighted by molar-refractivity contribution is -0.113. The van der Waals surface area contributed by atoms with Crippen molar-refractivity contribution in [1.82, 2.24) is 10.2 Å². The lowest BCUT2D eigenvalue weighted by Gasteiger charge is -2.10. The second-order valence-corrected chi connectivity index (χ2v) is 7.23. The molecule has 0 radical (unpaired) electrons. The Labute approximate surface area is 177 Å². The van der Waals surface area contributed by atoms with E-state index in [1.165, 1.54) is 11.8 Å². The number of hydrogen-bond donors (Lipinski definition) is 1. The zero-order valence-electron chi connectivity index (χ0n) is 16.4. The van der Waals surface area contributed by atoms with Crippen LogP contribution in [0.2, 0.25) is 0 Å². The summed E-state index contributed by atoms with van der Waals surface area (Å²) in [4.78, 5) is 12.3. The van der Waals surface area contributed by atoms with Crippen LogP contribution < -0.4 is 14.8 Å². The van der Waals surface area contributed by atoms with Crippen molar-refractivity contribution in [3.05, 3.63) is 60.7 Å². The smallest absolute Gasteiger partial charge is 0.277 e. The molecule has 7 nitrogen and oxygen atoms in total. The fraction of sp³-hybridized carbons (Fsp3) is 0.136. The number of anilines is 1. The molecule has 1 N–H and O–H groups in total. The molecule has 1 aromatic heterocycles. The molecule has 1 amide bonds. The van der Waals surface area contributed by atoms with Crippen molar-refractivity contribution in [1.29, 1.82) is 0 Å². The zero-order valence-corrected chi connectivity index (χ0v) is 17.2. The Kier molecular flexibility index (Phi) is 5.85. The van der Waals surface area contributed by atoms with Crippen LogP contribution in [0.5, 0.6) is 11.5 Å². The monoisotopic (exact) mass is 421 g/mol. The highest BCUT2D eigenvalue weighted by Crippen LogP contribution is 2.31. The van der Waals surface area contributed by atoms with Crippen molar-refractivity contribution in [2.24, 2.45) is 0 Å². The number of rotatable bonds is 7. The van der Waals surface area contributed by atoms with Crippen molar-refractivity contribution in [2.75, 3.05) is 25.3 Å². The normalized spacial score (nSPS) is 10.7. The van der Waals surface area contributed by atoms with Crippen LogP contribution in [0, 0.1) is 0 Å². The largest absolute Gasteiger partial charge is 0.493 e. The van der Waals surface area contributed by atoms with Gasteiger partial charge in [-0.2, -0.15) is 0 Å². The van der Waals surface area contributed by atoms with E-state index in [9.17, 15) is 4.79 Å². The summed E-state index contributed by atoms with van der Waals surface area (Å²) >= 11 is 1.18. The van der Waals surface area contributed by atoms with Gasteiger partial charge in [-0.25, -0.2) is 0 Å². The average molecular weight is 421 g/mol. The number of carbonyl (C=O) groups excluding carboxylic acids is 1. The molecular formula is C22H19N3O4S. The van der Waals surface area contributed by atoms with E-state index in [0.717, 1.165) is 16.3 Å². The standard InChI is InChI=1S/C22H19N3O4S/c1-27-18-11-10-15(12-19(18)28-2)23-20(26)13-30-22-25-24-21(29-22)17-9-5-7-14-6-3-4-8-16(14)17/h3-12H,13H2,1-2H3,(H,23,26). The van der Waals surface area contributed by atoms with E-state index in [4.69, 9.17) is 13.9 Å². The van der Waals surface area contributed by atoms with E-state index in [1.807, 2.05) is 42.5 Å². The summed E-state index contributed by atoms with van der Waals surface area (Å²) in [6, 6.07) is 19.1. The van der Waals surface area contributed by atoms with Crippen molar-refractivity contribution >= 4 is 34.1 Å². The molecule has 3 aromatic carbocycles. The first-order valence-corrected chi connectivity index (χ1v) is 10.1. The molecule has 4 rings (SSSR count). The Balaban J connectivity index is 1.41. The molecule has 0 atom stereocenters. The van der Waals surface area contributed by atoms with Crippen LogP contribution in [0.1, 0.15) is 0 Å². The Morgan fingerprint density at radius 1 is 1.00 bits per heavy atom. The van der Waals surface area contributed by atoms with Gasteiger partial charge in [0.15, 0.2) is 11.5 Å². The summed E-state index contributed by atoms with van der Waals surface area (Å²) < 4.78 is 16.2. The quantitative estimate of drug-likeness (QED) is 0.435. The molecule has 0 saturated carbocycles. The lowest BCUT2D eigenvalue weighted by atomic mass is 10.0. The minimum atomic E-state index is -0.197. The van der Waals surface area contributed by atoms with Crippen LogP contribution in [0.3, 0.4) is 0 Å². The zero-order chi connectivity index (χ0) is 20.9. The van der Waals surface area contributed by atoms with E-state index in [-0.39, 0.29) is 11.7 Å². The first-order valence-electron chi connectivity index (χ1n) is 9.14. The molecule has 0 spiro atoms. The third-order valence-corrected chi connectivity index (χ3v) is 5.24. The van der Waals surface area contributed by atoms with Crippen LogP contribution in [0.4, 0.5) is 5.69 Å². The molecule has 1 heterocycles. The van der Waals surface area contributed by atoms with Crippen molar-refractivity contribution in [2.45, 2.75) is 5.22 Å². The summed E-state index contributed by atoms with van der Waals surface area (Å²) in [6.07, 6.45) is 0. The number of aromatic nitrogens is 2. The van der Waals surface area contributed by atoms with Crippen molar-refractivity contribution < 1.29 is 18.7 Å². The number of nitrogens with zero attached hydrogens (tertiary/aromatic N) is 2. The van der Waals surface area contributed by atoms with Crippen molar-refractivity contribution in [3.63, 3.8) is 0 Å². The second kappa shape index (κ2) is 8.87. The highest BCUT2D eigenvalue weighted by Gasteiger charge is 2.14. The van der Waals surface area contributed by atoms with Gasteiger partial charge in [0.05, 0.1) is 20.0 Å². The molecule has 0 aliphatic carbocycles. The predicted octanol–water partition coefficient (Wildman–Crippen LogP) is 4.64. The van der Waals surface area contributed by atoms with Crippen LogP contribution in [-0.2, 0) is 4.79 Å². The Bertz CT molecular complexity index is 1190. The molecular weight excluding hydrogens is 402 g/mol. The maximum Gasteiger partial charge on any atom is 0.277 e. The molecule has 0 fully saturated rings. The number of hydrogen-bond acceptors (Lipinski definition) is 7. The highest BCUT2D eigenvalue weighted by atomic mass is 32.2. The third kappa shape index (κ3) is 4.23. The molecule has 0 saturated heterocycles. The van der Waals surface area contributed by atoms with Crippen molar-refractivity contribution in [3.8, 4) is 23.0 Å². The molecule has 152 valence electrons. The topological polar surface area (TPSA) is 86.5 Å². The van der Waals surface area contributed by atoms with Gasteiger partial charge in [0, 0.05) is 17.3 Å². The molecule has 0 bridgehead atoms. The minimum Gasteiger partial charge on any atom is -0.493 e. The van der Waals surface area contributed by atoms with E-state index in [2.05, 4.69) is 15.5 Å². The van der Waals surface area contributed by atoms with Gasteiger partial charge in [0.25, 0.3) is 5.22 Å². The number of ether oxygens (including phenoxy) is 2. The van der Waals surface area contributed by atoms with Crippen LogP contribution in [-0.4, -0.2) is 36.1 Å². The number of amides is 1. The van der Waals surface area contributed by atoms with Gasteiger partial charge in [0.1, 0.15) is 0 Å². The fourth-order valence-electron chi connectivity index (χ4n) is 3.03.